The molecule has 12 heteroatoms. The SMILES string of the molecule is CC(C)(C)OC(=O)N1CC(N(C(=O)c2nnc(-c3cc(C#N)ccc3C3CC3)o2)C2CC2)CC1Cn1ccnn1. The lowest BCUT2D eigenvalue weighted by Crippen LogP contribution is -2.45. The molecule has 2 aromatic heterocycles. The number of hydrogen-bond donors (Lipinski definition) is 0. The molecule has 1 aliphatic heterocycles. The fourth-order valence-electron chi connectivity index (χ4n) is 5.43. The molecule has 3 aromatic rings. The van der Waals surface area contributed by atoms with Crippen molar-refractivity contribution < 1.29 is 18.7 Å². The summed E-state index contributed by atoms with van der Waals surface area (Å²) in [6, 6.07) is 7.20. The van der Waals surface area contributed by atoms with Crippen LogP contribution in [0.15, 0.2) is 35.0 Å². The molecule has 3 aliphatic rings. The Morgan fingerprint density at radius 1 is 1.18 bits per heavy atom. The van der Waals surface area contributed by atoms with Crippen LogP contribution in [0.1, 0.15) is 80.6 Å². The zero-order valence-electron chi connectivity index (χ0n) is 22.9. The van der Waals surface area contributed by atoms with Gasteiger partial charge in [0.2, 0.25) is 5.89 Å². The molecule has 0 radical (unpaired) electrons. The molecule has 2 atom stereocenters. The van der Waals surface area contributed by atoms with Gasteiger partial charge in [0.25, 0.3) is 0 Å². The summed E-state index contributed by atoms with van der Waals surface area (Å²) in [5.74, 6) is 0.204. The van der Waals surface area contributed by atoms with E-state index in [1.165, 1.54) is 0 Å². The number of nitrogens with zero attached hydrogens (tertiary/aromatic N) is 8. The fourth-order valence-corrected chi connectivity index (χ4v) is 5.43. The third-order valence-corrected chi connectivity index (χ3v) is 7.50. The van der Waals surface area contributed by atoms with E-state index in [-0.39, 0.29) is 35.8 Å². The van der Waals surface area contributed by atoms with Crippen LogP contribution in [0, 0.1) is 11.3 Å². The van der Waals surface area contributed by atoms with E-state index in [0.717, 1.165) is 31.2 Å². The summed E-state index contributed by atoms with van der Waals surface area (Å²) in [5, 5.41) is 25.7. The van der Waals surface area contributed by atoms with Crippen molar-refractivity contribution in [1.29, 1.82) is 5.26 Å². The standard InChI is InChI=1S/C28H32N8O4/c1-28(2,3)40-27(38)35-16-21(13-20(35)15-34-11-10-30-33-34)36(19-7-8-19)26(37)25-32-31-24(39-25)23-12-17(14-29)4-9-22(23)18-5-6-18/h4,9-12,18-21H,5-8,13,15-16H2,1-3H3. The van der Waals surface area contributed by atoms with E-state index in [9.17, 15) is 14.9 Å². The second-order valence-electron chi connectivity index (χ2n) is 11.8. The van der Waals surface area contributed by atoms with Gasteiger partial charge in [-0.2, -0.15) is 5.26 Å². The molecule has 1 saturated heterocycles. The van der Waals surface area contributed by atoms with Crippen molar-refractivity contribution in [2.75, 3.05) is 6.54 Å². The highest BCUT2D eigenvalue weighted by Crippen LogP contribution is 2.44. The molecule has 12 nitrogen and oxygen atoms in total. The molecule has 208 valence electrons. The average molecular weight is 545 g/mol. The minimum Gasteiger partial charge on any atom is -0.444 e. The molecule has 40 heavy (non-hydrogen) atoms. The van der Waals surface area contributed by atoms with E-state index < -0.39 is 11.7 Å². The maximum absolute atomic E-state index is 13.9. The molecule has 2 saturated carbocycles. The van der Waals surface area contributed by atoms with Crippen molar-refractivity contribution in [3.05, 3.63) is 47.6 Å². The molecule has 3 fully saturated rings. The lowest BCUT2D eigenvalue weighted by Gasteiger charge is -2.29. The molecular formula is C28H32N8O4. The summed E-state index contributed by atoms with van der Waals surface area (Å²) >= 11 is 0. The van der Waals surface area contributed by atoms with Crippen LogP contribution in [0.25, 0.3) is 11.5 Å². The molecule has 2 unspecified atom stereocenters. The summed E-state index contributed by atoms with van der Waals surface area (Å²) in [6.07, 6.45) is 7.37. The quantitative estimate of drug-likeness (QED) is 0.434. The highest BCUT2D eigenvalue weighted by Gasteiger charge is 2.47. The van der Waals surface area contributed by atoms with E-state index >= 15 is 0 Å². The number of aromatic nitrogens is 5. The maximum atomic E-state index is 13.9. The molecule has 0 N–H and O–H groups in total. The summed E-state index contributed by atoms with van der Waals surface area (Å²) in [5.41, 5.74) is 1.61. The predicted octanol–water partition coefficient (Wildman–Crippen LogP) is 3.76. The van der Waals surface area contributed by atoms with Crippen molar-refractivity contribution >= 4 is 12.0 Å². The smallest absolute Gasteiger partial charge is 0.410 e. The van der Waals surface area contributed by atoms with Gasteiger partial charge in [-0.05, 0) is 76.5 Å². The van der Waals surface area contributed by atoms with Gasteiger partial charge in [-0.25, -0.2) is 4.79 Å². The Kier molecular flexibility index (Phi) is 6.52. The van der Waals surface area contributed by atoms with Gasteiger partial charge in [-0.1, -0.05) is 11.3 Å². The Morgan fingerprint density at radius 2 is 1.98 bits per heavy atom. The number of hydrogen-bond acceptors (Lipinski definition) is 9. The third-order valence-electron chi connectivity index (χ3n) is 7.50. The minimum absolute atomic E-state index is 0.0439. The molecule has 0 bridgehead atoms. The lowest BCUT2D eigenvalue weighted by atomic mass is 10.0. The van der Waals surface area contributed by atoms with Gasteiger partial charge >= 0.3 is 17.9 Å². The summed E-state index contributed by atoms with van der Waals surface area (Å²) in [7, 11) is 0. The van der Waals surface area contributed by atoms with Crippen molar-refractivity contribution in [2.24, 2.45) is 0 Å². The monoisotopic (exact) mass is 544 g/mol. The normalized spacial score (nSPS) is 20.8. The Bertz CT molecular complexity index is 1450. The zero-order chi connectivity index (χ0) is 28.0. The van der Waals surface area contributed by atoms with Crippen LogP contribution in [-0.4, -0.2) is 77.3 Å². The van der Waals surface area contributed by atoms with Crippen LogP contribution in [0.3, 0.4) is 0 Å². The Morgan fingerprint density at radius 3 is 2.62 bits per heavy atom. The van der Waals surface area contributed by atoms with Crippen LogP contribution < -0.4 is 0 Å². The second kappa shape index (κ2) is 10.0. The van der Waals surface area contributed by atoms with Crippen LogP contribution in [0.4, 0.5) is 4.79 Å². The minimum atomic E-state index is -0.651. The zero-order valence-corrected chi connectivity index (χ0v) is 22.9. The van der Waals surface area contributed by atoms with Crippen molar-refractivity contribution in [2.45, 2.75) is 89.1 Å². The first-order chi connectivity index (χ1) is 19.2. The number of carbonyl (C=O) groups excluding carboxylic acids is 2. The maximum Gasteiger partial charge on any atom is 0.410 e. The highest BCUT2D eigenvalue weighted by molar-refractivity contribution is 5.90. The van der Waals surface area contributed by atoms with Crippen LogP contribution >= 0.6 is 0 Å². The topological polar surface area (TPSA) is 143 Å². The number of carbonyl (C=O) groups is 2. The fraction of sp³-hybridized carbons (Fsp3) is 0.536. The van der Waals surface area contributed by atoms with Gasteiger partial charge in [0.05, 0.1) is 36.5 Å². The average Bonchev–Trinajstić information content (AvgIpc) is 3.78. The highest BCUT2D eigenvalue weighted by atomic mass is 16.6. The van der Waals surface area contributed by atoms with Gasteiger partial charge in [0, 0.05) is 24.3 Å². The summed E-state index contributed by atoms with van der Waals surface area (Å²) < 4.78 is 13.4. The molecule has 2 amide bonds. The first-order valence-corrected chi connectivity index (χ1v) is 13.7. The van der Waals surface area contributed by atoms with Gasteiger partial charge < -0.3 is 19.0 Å². The van der Waals surface area contributed by atoms with E-state index in [1.54, 1.807) is 34.1 Å². The molecule has 3 heterocycles. The lowest BCUT2D eigenvalue weighted by molar-refractivity contribution is 0.0197. The second-order valence-corrected chi connectivity index (χ2v) is 11.8. The van der Waals surface area contributed by atoms with Gasteiger partial charge in [0.1, 0.15) is 5.60 Å². The molecule has 6 rings (SSSR count). The number of benzene rings is 1. The number of rotatable bonds is 7. The van der Waals surface area contributed by atoms with Gasteiger partial charge in [0.15, 0.2) is 0 Å². The van der Waals surface area contributed by atoms with Crippen molar-refractivity contribution in [1.82, 2.24) is 35.0 Å². The largest absolute Gasteiger partial charge is 0.444 e. The Labute approximate surface area is 231 Å². The summed E-state index contributed by atoms with van der Waals surface area (Å²) in [4.78, 5) is 30.5. The number of amides is 2. The molecule has 2 aliphatic carbocycles. The first kappa shape index (κ1) is 26.0. The van der Waals surface area contributed by atoms with E-state index in [0.29, 0.717) is 36.6 Å². The third kappa shape index (κ3) is 5.41. The first-order valence-electron chi connectivity index (χ1n) is 13.7. The van der Waals surface area contributed by atoms with Gasteiger partial charge in [-0.15, -0.1) is 15.3 Å². The number of nitriles is 1. The van der Waals surface area contributed by atoms with Gasteiger partial charge in [-0.3, -0.25) is 9.48 Å². The van der Waals surface area contributed by atoms with Crippen molar-refractivity contribution in [3.8, 4) is 17.5 Å². The molecule has 1 aromatic carbocycles. The number of likely N-dealkylation sites (tertiary alicyclic amines) is 1. The van der Waals surface area contributed by atoms with Crippen molar-refractivity contribution in [3.63, 3.8) is 0 Å². The summed E-state index contributed by atoms with van der Waals surface area (Å²) in [6.45, 7) is 6.26. The van der Waals surface area contributed by atoms with Crippen LogP contribution in [-0.2, 0) is 11.3 Å². The van der Waals surface area contributed by atoms with E-state index in [4.69, 9.17) is 9.15 Å². The Hall–Kier alpha value is -4.27. The van der Waals surface area contributed by atoms with E-state index in [1.807, 2.05) is 31.7 Å². The Balaban J connectivity index is 1.26. The van der Waals surface area contributed by atoms with Crippen LogP contribution in [0.2, 0.25) is 0 Å². The number of ether oxygens (including phenoxy) is 1. The molecule has 0 spiro atoms. The van der Waals surface area contributed by atoms with E-state index in [2.05, 4.69) is 26.6 Å². The molecular weight excluding hydrogens is 512 g/mol. The van der Waals surface area contributed by atoms with Crippen LogP contribution in [0.5, 0.6) is 0 Å². The predicted molar refractivity (Wildman–Crippen MR) is 141 cm³/mol.